The number of ether oxygens (including phenoxy) is 1. The fourth-order valence-corrected chi connectivity index (χ4v) is 4.49. The minimum atomic E-state index is -3.50. The van der Waals surface area contributed by atoms with Crippen LogP contribution in [-0.4, -0.2) is 56.8 Å². The molecule has 6 nitrogen and oxygen atoms in total. The molecule has 1 saturated heterocycles. The first-order valence-corrected chi connectivity index (χ1v) is 11.1. The minimum Gasteiger partial charge on any atom is -0.496 e. The first-order chi connectivity index (χ1) is 14.0. The SMILES string of the molecule is COc1ccccc1CCC(=O)N1CCN(S(=O)(=O)/C=C/c2ccccc2)CC1. The van der Waals surface area contributed by atoms with Gasteiger partial charge in [0.2, 0.25) is 15.9 Å². The number of nitrogens with zero attached hydrogens (tertiary/aromatic N) is 2. The van der Waals surface area contributed by atoms with E-state index < -0.39 is 10.0 Å². The van der Waals surface area contributed by atoms with Crippen molar-refractivity contribution in [1.82, 2.24) is 9.21 Å². The molecule has 0 N–H and O–H groups in total. The van der Waals surface area contributed by atoms with Gasteiger partial charge < -0.3 is 9.64 Å². The Labute approximate surface area is 172 Å². The summed E-state index contributed by atoms with van der Waals surface area (Å²) in [5, 5.41) is 1.24. The Balaban J connectivity index is 1.51. The second-order valence-corrected chi connectivity index (χ2v) is 8.67. The van der Waals surface area contributed by atoms with Crippen molar-refractivity contribution in [3.05, 3.63) is 71.1 Å². The molecule has 0 atom stereocenters. The normalized spacial score (nSPS) is 15.6. The standard InChI is InChI=1S/C22H26N2O4S/c1-28-21-10-6-5-9-20(21)11-12-22(25)23-14-16-24(17-15-23)29(26,27)18-13-19-7-3-2-4-8-19/h2-10,13,18H,11-12,14-17H2,1H3/b18-13+. The Morgan fingerprint density at radius 2 is 1.66 bits per heavy atom. The summed E-state index contributed by atoms with van der Waals surface area (Å²) in [7, 11) is -1.88. The number of aryl methyl sites for hydroxylation is 1. The van der Waals surface area contributed by atoms with Gasteiger partial charge in [-0.25, -0.2) is 8.42 Å². The summed E-state index contributed by atoms with van der Waals surface area (Å²) in [4.78, 5) is 14.3. The van der Waals surface area contributed by atoms with Gasteiger partial charge in [0.15, 0.2) is 0 Å². The van der Waals surface area contributed by atoms with Crippen molar-refractivity contribution in [3.8, 4) is 5.75 Å². The summed E-state index contributed by atoms with van der Waals surface area (Å²) >= 11 is 0. The van der Waals surface area contributed by atoms with Crippen LogP contribution in [0.5, 0.6) is 5.75 Å². The molecule has 1 fully saturated rings. The summed E-state index contributed by atoms with van der Waals surface area (Å²) in [5.74, 6) is 0.814. The molecule has 0 unspecified atom stereocenters. The van der Waals surface area contributed by atoms with Gasteiger partial charge in [0.25, 0.3) is 0 Å². The van der Waals surface area contributed by atoms with Crippen molar-refractivity contribution in [3.63, 3.8) is 0 Å². The van der Waals surface area contributed by atoms with E-state index in [0.717, 1.165) is 16.9 Å². The van der Waals surface area contributed by atoms with Gasteiger partial charge in [-0.1, -0.05) is 48.5 Å². The predicted molar refractivity (Wildman–Crippen MR) is 114 cm³/mol. The lowest BCUT2D eigenvalue weighted by Gasteiger charge is -2.33. The Hall–Kier alpha value is -2.64. The van der Waals surface area contributed by atoms with Gasteiger partial charge in [-0.15, -0.1) is 0 Å². The molecule has 1 heterocycles. The molecule has 0 aromatic heterocycles. The molecular weight excluding hydrogens is 388 g/mol. The third kappa shape index (κ3) is 5.68. The van der Waals surface area contributed by atoms with Crippen LogP contribution in [0.15, 0.2) is 60.0 Å². The van der Waals surface area contributed by atoms with E-state index in [-0.39, 0.29) is 5.91 Å². The third-order valence-electron chi connectivity index (χ3n) is 4.98. The lowest BCUT2D eigenvalue weighted by Crippen LogP contribution is -2.50. The van der Waals surface area contributed by atoms with Gasteiger partial charge in [-0.3, -0.25) is 4.79 Å². The number of hydrogen-bond donors (Lipinski definition) is 0. The van der Waals surface area contributed by atoms with Crippen molar-refractivity contribution in [2.45, 2.75) is 12.8 Å². The first kappa shape index (κ1) is 21.1. The second kappa shape index (κ2) is 9.71. The molecule has 0 bridgehead atoms. The lowest BCUT2D eigenvalue weighted by molar-refractivity contribution is -0.132. The average molecular weight is 415 g/mol. The van der Waals surface area contributed by atoms with Crippen LogP contribution >= 0.6 is 0 Å². The van der Waals surface area contributed by atoms with Crippen LogP contribution in [0.3, 0.4) is 0 Å². The lowest BCUT2D eigenvalue weighted by atomic mass is 10.1. The third-order valence-corrected chi connectivity index (χ3v) is 6.55. The number of hydrogen-bond acceptors (Lipinski definition) is 4. The molecule has 2 aromatic carbocycles. The second-order valence-electron chi connectivity index (χ2n) is 6.85. The maximum absolute atomic E-state index is 12.5. The van der Waals surface area contributed by atoms with Gasteiger partial charge in [-0.2, -0.15) is 4.31 Å². The van der Waals surface area contributed by atoms with Crippen LogP contribution in [0.2, 0.25) is 0 Å². The smallest absolute Gasteiger partial charge is 0.236 e. The number of para-hydroxylation sites is 1. The van der Waals surface area contributed by atoms with Crippen molar-refractivity contribution >= 4 is 22.0 Å². The van der Waals surface area contributed by atoms with Crippen LogP contribution in [0.25, 0.3) is 6.08 Å². The molecule has 0 spiro atoms. The molecule has 1 aliphatic rings. The van der Waals surface area contributed by atoms with Gasteiger partial charge in [-0.05, 0) is 29.7 Å². The number of methoxy groups -OCH3 is 1. The molecule has 7 heteroatoms. The van der Waals surface area contributed by atoms with E-state index >= 15 is 0 Å². The number of carbonyl (C=O) groups excluding carboxylic acids is 1. The van der Waals surface area contributed by atoms with Crippen molar-refractivity contribution in [2.75, 3.05) is 33.3 Å². The summed E-state index contributed by atoms with van der Waals surface area (Å²) in [6, 6.07) is 17.0. The van der Waals surface area contributed by atoms with Crippen LogP contribution in [0.4, 0.5) is 0 Å². The molecule has 29 heavy (non-hydrogen) atoms. The van der Waals surface area contributed by atoms with Gasteiger partial charge in [0, 0.05) is 38.0 Å². The fourth-order valence-electron chi connectivity index (χ4n) is 3.32. The number of rotatable bonds is 7. The molecule has 0 radical (unpaired) electrons. The molecule has 1 amide bonds. The molecule has 3 rings (SSSR count). The molecule has 2 aromatic rings. The molecule has 1 aliphatic heterocycles. The van der Waals surface area contributed by atoms with E-state index in [1.54, 1.807) is 18.1 Å². The number of piperazine rings is 1. The van der Waals surface area contributed by atoms with Crippen molar-refractivity contribution < 1.29 is 17.9 Å². The predicted octanol–water partition coefficient (Wildman–Crippen LogP) is 2.77. The monoisotopic (exact) mass is 414 g/mol. The average Bonchev–Trinajstić information content (AvgIpc) is 2.77. The van der Waals surface area contributed by atoms with E-state index in [4.69, 9.17) is 4.74 Å². The largest absolute Gasteiger partial charge is 0.496 e. The number of amides is 1. The minimum absolute atomic E-state index is 0.0350. The molecule has 0 saturated carbocycles. The van der Waals surface area contributed by atoms with E-state index in [0.29, 0.717) is 39.0 Å². The highest BCUT2D eigenvalue weighted by Crippen LogP contribution is 2.20. The van der Waals surface area contributed by atoms with Crippen LogP contribution < -0.4 is 4.74 Å². The van der Waals surface area contributed by atoms with Crippen molar-refractivity contribution in [2.24, 2.45) is 0 Å². The zero-order chi connectivity index (χ0) is 20.7. The topological polar surface area (TPSA) is 66.9 Å². The summed E-state index contributed by atoms with van der Waals surface area (Å²) in [5.41, 5.74) is 1.83. The summed E-state index contributed by atoms with van der Waals surface area (Å²) in [6.07, 6.45) is 2.57. The van der Waals surface area contributed by atoms with E-state index in [1.165, 1.54) is 9.71 Å². The van der Waals surface area contributed by atoms with E-state index in [1.807, 2.05) is 54.6 Å². The highest BCUT2D eigenvalue weighted by Gasteiger charge is 2.27. The molecule has 154 valence electrons. The number of benzene rings is 2. The highest BCUT2D eigenvalue weighted by molar-refractivity contribution is 7.92. The van der Waals surface area contributed by atoms with Crippen LogP contribution in [0.1, 0.15) is 17.5 Å². The Morgan fingerprint density at radius 3 is 2.34 bits per heavy atom. The fraction of sp³-hybridized carbons (Fsp3) is 0.318. The van der Waals surface area contributed by atoms with Gasteiger partial charge in [0.05, 0.1) is 7.11 Å². The maximum Gasteiger partial charge on any atom is 0.236 e. The van der Waals surface area contributed by atoms with Crippen molar-refractivity contribution in [1.29, 1.82) is 0 Å². The Morgan fingerprint density at radius 1 is 1.00 bits per heavy atom. The molecule has 0 aliphatic carbocycles. The zero-order valence-corrected chi connectivity index (χ0v) is 17.3. The van der Waals surface area contributed by atoms with Gasteiger partial charge in [0.1, 0.15) is 5.75 Å². The van der Waals surface area contributed by atoms with Crippen LogP contribution in [0, 0.1) is 0 Å². The number of sulfonamides is 1. The van der Waals surface area contributed by atoms with Crippen LogP contribution in [-0.2, 0) is 21.2 Å². The van der Waals surface area contributed by atoms with E-state index in [2.05, 4.69) is 0 Å². The Kier molecular flexibility index (Phi) is 7.06. The first-order valence-electron chi connectivity index (χ1n) is 9.62. The summed E-state index contributed by atoms with van der Waals surface area (Å²) < 4.78 is 31.8. The highest BCUT2D eigenvalue weighted by atomic mass is 32.2. The maximum atomic E-state index is 12.5. The Bertz CT molecular complexity index is 950. The molecular formula is C22H26N2O4S. The van der Waals surface area contributed by atoms with E-state index in [9.17, 15) is 13.2 Å². The zero-order valence-electron chi connectivity index (χ0n) is 16.5. The van der Waals surface area contributed by atoms with Gasteiger partial charge >= 0.3 is 0 Å². The quantitative estimate of drug-likeness (QED) is 0.699. The number of carbonyl (C=O) groups is 1. The summed E-state index contributed by atoms with van der Waals surface area (Å²) in [6.45, 7) is 1.43.